The summed E-state index contributed by atoms with van der Waals surface area (Å²) in [6.45, 7) is 2.27. The molecule has 98 valence electrons. The van der Waals surface area contributed by atoms with E-state index in [4.69, 9.17) is 9.47 Å². The Balaban J connectivity index is 4.02. The second-order valence-electron chi connectivity index (χ2n) is 3.48. The van der Waals surface area contributed by atoms with Gasteiger partial charge in [-0.3, -0.25) is 4.79 Å². The minimum absolute atomic E-state index is 0.134. The van der Waals surface area contributed by atoms with E-state index in [1.54, 1.807) is 26.2 Å². The zero-order chi connectivity index (χ0) is 12.9. The number of hydrogen-bond donors (Lipinski definition) is 1. The highest BCUT2D eigenvalue weighted by atomic mass is 16.7. The maximum atomic E-state index is 9.85. The topological polar surface area (TPSA) is 65.0 Å². The molecule has 0 radical (unpaired) electrons. The first-order valence-corrected chi connectivity index (χ1v) is 5.41. The fourth-order valence-corrected chi connectivity index (χ4v) is 1.11. The summed E-state index contributed by atoms with van der Waals surface area (Å²) in [5.74, 6) is 0. The summed E-state index contributed by atoms with van der Waals surface area (Å²) in [4.78, 5) is 9.85. The second kappa shape index (κ2) is 11.3. The van der Waals surface area contributed by atoms with E-state index in [9.17, 15) is 9.90 Å². The van der Waals surface area contributed by atoms with Gasteiger partial charge in [0.1, 0.15) is 6.79 Å². The number of methoxy groups -OCH3 is 1. The Morgan fingerprint density at radius 1 is 1.29 bits per heavy atom. The average Bonchev–Trinajstić information content (AvgIpc) is 2.31. The van der Waals surface area contributed by atoms with Crippen molar-refractivity contribution in [3.63, 3.8) is 0 Å². The van der Waals surface area contributed by atoms with Gasteiger partial charge < -0.3 is 19.3 Å². The molecule has 0 aliphatic carbocycles. The molecule has 0 aliphatic rings. The molecular formula is C12H20O5. The van der Waals surface area contributed by atoms with E-state index < -0.39 is 0 Å². The Morgan fingerprint density at radius 3 is 2.65 bits per heavy atom. The quantitative estimate of drug-likeness (QED) is 0.272. The van der Waals surface area contributed by atoms with Crippen LogP contribution in [0.1, 0.15) is 19.8 Å². The zero-order valence-corrected chi connectivity index (χ0v) is 10.2. The standard InChI is InChI=1S/C12H20O5/c1-11(14)6-7-12(17-10-15-2)5-3-4-8-16-9-13/h3-5,8-9,11-12,14H,6-7,10H2,1-2H3/b5-3+,8-4-/t11-,12+/m1/s1. The fraction of sp³-hybridized carbons (Fsp3) is 0.583. The van der Waals surface area contributed by atoms with Gasteiger partial charge in [-0.15, -0.1) is 0 Å². The van der Waals surface area contributed by atoms with E-state index in [1.165, 1.54) is 6.26 Å². The van der Waals surface area contributed by atoms with Crippen LogP contribution < -0.4 is 0 Å². The van der Waals surface area contributed by atoms with Crippen molar-refractivity contribution < 1.29 is 24.1 Å². The van der Waals surface area contributed by atoms with Crippen molar-refractivity contribution in [2.75, 3.05) is 13.9 Å². The molecule has 0 bridgehead atoms. The summed E-state index contributed by atoms with van der Waals surface area (Å²) in [5.41, 5.74) is 0. The Morgan fingerprint density at radius 2 is 2.06 bits per heavy atom. The van der Waals surface area contributed by atoms with Crippen molar-refractivity contribution in [1.82, 2.24) is 0 Å². The van der Waals surface area contributed by atoms with Crippen molar-refractivity contribution >= 4 is 6.47 Å². The molecule has 17 heavy (non-hydrogen) atoms. The monoisotopic (exact) mass is 244 g/mol. The summed E-state index contributed by atoms with van der Waals surface area (Å²) in [6.07, 6.45) is 7.23. The van der Waals surface area contributed by atoms with Gasteiger partial charge in [0.2, 0.25) is 0 Å². The molecule has 0 unspecified atom stereocenters. The lowest BCUT2D eigenvalue weighted by Crippen LogP contribution is -2.14. The predicted octanol–water partition coefficient (Wildman–Crippen LogP) is 1.38. The normalized spacial score (nSPS) is 15.2. The van der Waals surface area contributed by atoms with Crippen LogP contribution in [0.5, 0.6) is 0 Å². The molecule has 0 heterocycles. The zero-order valence-electron chi connectivity index (χ0n) is 10.2. The van der Waals surface area contributed by atoms with Gasteiger partial charge in [0, 0.05) is 7.11 Å². The van der Waals surface area contributed by atoms with E-state index in [1.807, 2.05) is 6.08 Å². The van der Waals surface area contributed by atoms with Gasteiger partial charge in [-0.05, 0) is 25.8 Å². The Hall–Kier alpha value is -1.17. The number of ether oxygens (including phenoxy) is 3. The number of aliphatic hydroxyl groups is 1. The van der Waals surface area contributed by atoms with Crippen LogP contribution in [-0.4, -0.2) is 37.7 Å². The highest BCUT2D eigenvalue weighted by Gasteiger charge is 2.06. The average molecular weight is 244 g/mol. The van der Waals surface area contributed by atoms with Crippen LogP contribution in [0.4, 0.5) is 0 Å². The summed E-state index contributed by atoms with van der Waals surface area (Å²) in [6, 6.07) is 0. The smallest absolute Gasteiger partial charge is 0.297 e. The minimum atomic E-state index is -0.356. The first kappa shape index (κ1) is 15.8. The summed E-state index contributed by atoms with van der Waals surface area (Å²) < 4.78 is 14.6. The third-order valence-corrected chi connectivity index (χ3v) is 1.92. The SMILES string of the molecule is COCO[C@@H](/C=C/C=C\OC=O)CC[C@@H](C)O. The summed E-state index contributed by atoms with van der Waals surface area (Å²) in [7, 11) is 1.55. The maximum absolute atomic E-state index is 9.85. The first-order chi connectivity index (χ1) is 8.20. The molecule has 0 rings (SSSR count). The molecule has 0 aromatic rings. The Kier molecular flexibility index (Phi) is 10.5. The Bertz CT molecular complexity index is 235. The van der Waals surface area contributed by atoms with Gasteiger partial charge in [-0.1, -0.05) is 12.2 Å². The molecule has 5 nitrogen and oxygen atoms in total. The fourth-order valence-electron chi connectivity index (χ4n) is 1.11. The maximum Gasteiger partial charge on any atom is 0.297 e. The number of aliphatic hydroxyl groups excluding tert-OH is 1. The molecule has 0 amide bonds. The van der Waals surface area contributed by atoms with Crippen LogP contribution in [0.3, 0.4) is 0 Å². The van der Waals surface area contributed by atoms with Crippen molar-refractivity contribution in [2.24, 2.45) is 0 Å². The molecule has 0 saturated carbocycles. The van der Waals surface area contributed by atoms with Crippen LogP contribution >= 0.6 is 0 Å². The molecule has 0 saturated heterocycles. The summed E-state index contributed by atoms with van der Waals surface area (Å²) in [5, 5.41) is 9.18. The van der Waals surface area contributed by atoms with Crippen molar-refractivity contribution in [3.05, 3.63) is 24.5 Å². The number of hydrogen-bond acceptors (Lipinski definition) is 5. The van der Waals surface area contributed by atoms with E-state index in [0.717, 1.165) is 0 Å². The minimum Gasteiger partial charge on any atom is -0.437 e. The van der Waals surface area contributed by atoms with Gasteiger partial charge in [0.25, 0.3) is 6.47 Å². The van der Waals surface area contributed by atoms with Crippen LogP contribution in [-0.2, 0) is 19.0 Å². The molecular weight excluding hydrogens is 224 g/mol. The van der Waals surface area contributed by atoms with Crippen molar-refractivity contribution in [3.8, 4) is 0 Å². The van der Waals surface area contributed by atoms with Gasteiger partial charge in [0.15, 0.2) is 0 Å². The predicted molar refractivity (Wildman–Crippen MR) is 63.1 cm³/mol. The van der Waals surface area contributed by atoms with E-state index in [0.29, 0.717) is 19.3 Å². The van der Waals surface area contributed by atoms with Gasteiger partial charge in [0.05, 0.1) is 18.5 Å². The molecule has 2 atom stereocenters. The molecule has 1 N–H and O–H groups in total. The highest BCUT2D eigenvalue weighted by molar-refractivity contribution is 5.38. The molecule has 0 aromatic carbocycles. The Labute approximate surface area is 102 Å². The number of carbonyl (C=O) groups is 1. The van der Waals surface area contributed by atoms with Crippen LogP contribution in [0.25, 0.3) is 0 Å². The largest absolute Gasteiger partial charge is 0.437 e. The van der Waals surface area contributed by atoms with E-state index >= 15 is 0 Å². The lowest BCUT2D eigenvalue weighted by Gasteiger charge is -2.14. The van der Waals surface area contributed by atoms with Crippen LogP contribution in [0.15, 0.2) is 24.5 Å². The van der Waals surface area contributed by atoms with Gasteiger partial charge in [-0.25, -0.2) is 0 Å². The van der Waals surface area contributed by atoms with Gasteiger partial charge >= 0.3 is 0 Å². The van der Waals surface area contributed by atoms with Gasteiger partial charge in [-0.2, -0.15) is 0 Å². The lowest BCUT2D eigenvalue weighted by atomic mass is 10.1. The summed E-state index contributed by atoms with van der Waals surface area (Å²) >= 11 is 0. The van der Waals surface area contributed by atoms with Crippen LogP contribution in [0.2, 0.25) is 0 Å². The van der Waals surface area contributed by atoms with E-state index in [2.05, 4.69) is 4.74 Å². The van der Waals surface area contributed by atoms with E-state index in [-0.39, 0.29) is 19.0 Å². The molecule has 0 spiro atoms. The molecule has 5 heteroatoms. The third-order valence-electron chi connectivity index (χ3n) is 1.92. The lowest BCUT2D eigenvalue weighted by molar-refractivity contribution is -0.123. The highest BCUT2D eigenvalue weighted by Crippen LogP contribution is 2.07. The van der Waals surface area contributed by atoms with Crippen LogP contribution in [0, 0.1) is 0 Å². The second-order valence-corrected chi connectivity index (χ2v) is 3.48. The molecule has 0 aliphatic heterocycles. The number of rotatable bonds is 10. The molecule has 0 fully saturated rings. The number of allylic oxidation sites excluding steroid dienone is 2. The molecule has 0 aromatic heterocycles. The first-order valence-electron chi connectivity index (χ1n) is 5.41. The van der Waals surface area contributed by atoms with Crippen molar-refractivity contribution in [2.45, 2.75) is 32.0 Å². The van der Waals surface area contributed by atoms with Crippen molar-refractivity contribution in [1.29, 1.82) is 0 Å². The number of carbonyl (C=O) groups excluding carboxylic acids is 1. The third kappa shape index (κ3) is 11.1.